The number of carbonyl (C=O) groups excluding carboxylic acids is 3. The second-order valence-corrected chi connectivity index (χ2v) is 7.13. The molecule has 0 radical (unpaired) electrons. The quantitative estimate of drug-likeness (QED) is 0.679. The highest BCUT2D eigenvalue weighted by Crippen LogP contribution is 2.41. The molecule has 0 aromatic rings. The lowest BCUT2D eigenvalue weighted by Crippen LogP contribution is -2.48. The summed E-state index contributed by atoms with van der Waals surface area (Å²) in [5.74, 6) is -0.286. The number of nitrogens with zero attached hydrogens (tertiary/aromatic N) is 3. The maximum atomic E-state index is 12.7. The SMILES string of the molecule is C[C@@H]1C(=O)N(C(=O)C2CC2)[C@H]2CCN(C(=O)N3CCCC3)[C@H]12.Cl. The summed E-state index contributed by atoms with van der Waals surface area (Å²) in [6.45, 7) is 4.17. The smallest absolute Gasteiger partial charge is 0.320 e. The maximum Gasteiger partial charge on any atom is 0.320 e. The second-order valence-electron chi connectivity index (χ2n) is 7.13. The van der Waals surface area contributed by atoms with Crippen LogP contribution in [-0.4, -0.2) is 64.3 Å². The van der Waals surface area contributed by atoms with Crippen LogP contribution in [0.4, 0.5) is 4.79 Å². The van der Waals surface area contributed by atoms with Gasteiger partial charge in [-0.2, -0.15) is 0 Å². The Morgan fingerprint density at radius 1 is 1.04 bits per heavy atom. The molecule has 3 heterocycles. The van der Waals surface area contributed by atoms with Gasteiger partial charge in [-0.15, -0.1) is 12.4 Å². The molecule has 4 aliphatic rings. The molecule has 6 nitrogen and oxygen atoms in total. The summed E-state index contributed by atoms with van der Waals surface area (Å²) in [6, 6.07) is -0.157. The summed E-state index contributed by atoms with van der Waals surface area (Å²) < 4.78 is 0. The molecule has 0 aromatic heterocycles. The third-order valence-corrected chi connectivity index (χ3v) is 5.68. The van der Waals surface area contributed by atoms with Crippen molar-refractivity contribution in [1.82, 2.24) is 14.7 Å². The van der Waals surface area contributed by atoms with Gasteiger partial charge < -0.3 is 9.80 Å². The Balaban J connectivity index is 0.00000156. The van der Waals surface area contributed by atoms with Crippen LogP contribution in [0.25, 0.3) is 0 Å². The van der Waals surface area contributed by atoms with E-state index in [1.807, 2.05) is 16.7 Å². The van der Waals surface area contributed by atoms with E-state index in [4.69, 9.17) is 0 Å². The Morgan fingerprint density at radius 2 is 1.70 bits per heavy atom. The van der Waals surface area contributed by atoms with Gasteiger partial charge in [0.2, 0.25) is 11.8 Å². The molecule has 0 bridgehead atoms. The molecular formula is C16H24ClN3O3. The van der Waals surface area contributed by atoms with E-state index in [2.05, 4.69) is 0 Å². The lowest BCUT2D eigenvalue weighted by Gasteiger charge is -2.30. The molecule has 0 aromatic carbocycles. The summed E-state index contributed by atoms with van der Waals surface area (Å²) in [5, 5.41) is 0. The minimum Gasteiger partial charge on any atom is -0.325 e. The van der Waals surface area contributed by atoms with E-state index in [9.17, 15) is 14.4 Å². The average molecular weight is 342 g/mol. The van der Waals surface area contributed by atoms with E-state index >= 15 is 0 Å². The van der Waals surface area contributed by atoms with Crippen molar-refractivity contribution in [3.8, 4) is 0 Å². The van der Waals surface area contributed by atoms with Crippen LogP contribution in [-0.2, 0) is 9.59 Å². The average Bonchev–Trinajstić information content (AvgIpc) is 2.96. The first-order valence-corrected chi connectivity index (χ1v) is 8.52. The molecule has 7 heteroatoms. The molecule has 4 fully saturated rings. The first-order valence-electron chi connectivity index (χ1n) is 8.52. The number of hydrogen-bond acceptors (Lipinski definition) is 3. The number of carbonyl (C=O) groups is 3. The molecule has 3 aliphatic heterocycles. The Kier molecular flexibility index (Phi) is 4.29. The van der Waals surface area contributed by atoms with E-state index in [0.29, 0.717) is 6.54 Å². The molecule has 1 aliphatic carbocycles. The zero-order chi connectivity index (χ0) is 15.4. The minimum absolute atomic E-state index is 0. The van der Waals surface area contributed by atoms with E-state index in [1.54, 1.807) is 0 Å². The van der Waals surface area contributed by atoms with Gasteiger partial charge in [0.1, 0.15) is 0 Å². The standard InChI is InChI=1S/C16H23N3O3.ClH/c1-10-13-12(19(14(10)20)15(21)11-4-5-11)6-9-18(13)16(22)17-7-2-3-8-17;/h10-13H,2-9H2,1H3;1H/t10-,12-,13+;/m0./s1. The third kappa shape index (κ3) is 2.51. The predicted octanol–water partition coefficient (Wildman–Crippen LogP) is 1.48. The Hall–Kier alpha value is -1.30. The minimum atomic E-state index is -0.262. The number of likely N-dealkylation sites (tertiary alicyclic amines) is 3. The molecule has 1 saturated carbocycles. The van der Waals surface area contributed by atoms with Gasteiger partial charge in [0.15, 0.2) is 0 Å². The summed E-state index contributed by atoms with van der Waals surface area (Å²) in [5.41, 5.74) is 0. The fraction of sp³-hybridized carbons (Fsp3) is 0.812. The van der Waals surface area contributed by atoms with Crippen LogP contribution < -0.4 is 0 Å². The highest BCUT2D eigenvalue weighted by Gasteiger charge is 2.57. The largest absolute Gasteiger partial charge is 0.325 e. The molecule has 4 rings (SSSR count). The summed E-state index contributed by atoms with van der Waals surface area (Å²) in [7, 11) is 0. The van der Waals surface area contributed by atoms with E-state index < -0.39 is 0 Å². The number of amides is 4. The van der Waals surface area contributed by atoms with Crippen molar-refractivity contribution in [3.05, 3.63) is 0 Å². The zero-order valence-corrected chi connectivity index (χ0v) is 14.3. The lowest BCUT2D eigenvalue weighted by atomic mass is 10.0. The molecule has 3 atom stereocenters. The normalized spacial score (nSPS) is 33.0. The van der Waals surface area contributed by atoms with Crippen molar-refractivity contribution in [3.63, 3.8) is 0 Å². The fourth-order valence-corrected chi connectivity index (χ4v) is 4.33. The number of hydrogen-bond donors (Lipinski definition) is 0. The molecule has 0 spiro atoms. The topological polar surface area (TPSA) is 60.9 Å². The first-order chi connectivity index (χ1) is 10.6. The van der Waals surface area contributed by atoms with E-state index in [1.165, 1.54) is 4.90 Å². The highest BCUT2D eigenvalue weighted by molar-refractivity contribution is 6.01. The zero-order valence-electron chi connectivity index (χ0n) is 13.4. The van der Waals surface area contributed by atoms with Crippen molar-refractivity contribution in [1.29, 1.82) is 0 Å². The molecule has 23 heavy (non-hydrogen) atoms. The lowest BCUT2D eigenvalue weighted by molar-refractivity contribution is -0.145. The number of urea groups is 1. The van der Waals surface area contributed by atoms with Crippen LogP contribution in [0, 0.1) is 11.8 Å². The fourth-order valence-electron chi connectivity index (χ4n) is 4.33. The first kappa shape index (κ1) is 16.6. The van der Waals surface area contributed by atoms with Crippen molar-refractivity contribution in [2.75, 3.05) is 19.6 Å². The monoisotopic (exact) mass is 341 g/mol. The van der Waals surface area contributed by atoms with Gasteiger partial charge in [-0.3, -0.25) is 14.5 Å². The van der Waals surface area contributed by atoms with E-state index in [-0.39, 0.29) is 54.2 Å². The molecule has 128 valence electrons. The van der Waals surface area contributed by atoms with Crippen LogP contribution >= 0.6 is 12.4 Å². The summed E-state index contributed by atoms with van der Waals surface area (Å²) >= 11 is 0. The molecular weight excluding hydrogens is 318 g/mol. The van der Waals surface area contributed by atoms with Gasteiger partial charge >= 0.3 is 6.03 Å². The van der Waals surface area contributed by atoms with Crippen molar-refractivity contribution in [2.24, 2.45) is 11.8 Å². The van der Waals surface area contributed by atoms with Crippen LogP contribution in [0.3, 0.4) is 0 Å². The molecule has 4 amide bonds. The van der Waals surface area contributed by atoms with Gasteiger partial charge in [0.25, 0.3) is 0 Å². The van der Waals surface area contributed by atoms with Crippen LogP contribution in [0.5, 0.6) is 0 Å². The number of fused-ring (bicyclic) bond motifs is 1. The Bertz CT molecular complexity index is 531. The maximum absolute atomic E-state index is 12.7. The van der Waals surface area contributed by atoms with Crippen molar-refractivity contribution < 1.29 is 14.4 Å². The van der Waals surface area contributed by atoms with Crippen LogP contribution in [0.15, 0.2) is 0 Å². The number of rotatable bonds is 1. The van der Waals surface area contributed by atoms with Gasteiger partial charge in [-0.05, 0) is 32.1 Å². The third-order valence-electron chi connectivity index (χ3n) is 5.68. The second kappa shape index (κ2) is 5.96. The molecule has 0 N–H and O–H groups in total. The van der Waals surface area contributed by atoms with E-state index in [0.717, 1.165) is 45.2 Å². The van der Waals surface area contributed by atoms with Crippen molar-refractivity contribution >= 4 is 30.3 Å². The highest BCUT2D eigenvalue weighted by atomic mass is 35.5. The van der Waals surface area contributed by atoms with Gasteiger partial charge in [-0.25, -0.2) is 4.79 Å². The van der Waals surface area contributed by atoms with Gasteiger partial charge in [0, 0.05) is 25.6 Å². The van der Waals surface area contributed by atoms with Crippen LogP contribution in [0.2, 0.25) is 0 Å². The van der Waals surface area contributed by atoms with Gasteiger partial charge in [0.05, 0.1) is 18.0 Å². The Labute approximate surface area is 142 Å². The van der Waals surface area contributed by atoms with Crippen LogP contribution in [0.1, 0.15) is 39.0 Å². The Morgan fingerprint density at radius 3 is 2.30 bits per heavy atom. The van der Waals surface area contributed by atoms with Gasteiger partial charge in [-0.1, -0.05) is 6.92 Å². The predicted molar refractivity (Wildman–Crippen MR) is 86.1 cm³/mol. The van der Waals surface area contributed by atoms with Crippen molar-refractivity contribution in [2.45, 2.75) is 51.1 Å². The number of imide groups is 1. The molecule has 3 saturated heterocycles. The number of halogens is 1. The summed E-state index contributed by atoms with van der Waals surface area (Å²) in [6.07, 6.45) is 4.68. The molecule has 0 unspecified atom stereocenters. The summed E-state index contributed by atoms with van der Waals surface area (Å²) in [4.78, 5) is 42.9.